The third-order valence-corrected chi connectivity index (χ3v) is 3.77. The van der Waals surface area contributed by atoms with Gasteiger partial charge in [0.2, 0.25) is 12.5 Å². The Bertz CT molecular complexity index is 593. The van der Waals surface area contributed by atoms with Gasteiger partial charge in [-0.1, -0.05) is 34.8 Å². The molecule has 0 spiro atoms. The second-order valence-corrected chi connectivity index (χ2v) is 5.49. The number of hydrogen-bond acceptors (Lipinski definition) is 3. The van der Waals surface area contributed by atoms with Crippen molar-refractivity contribution in [3.05, 3.63) is 32.8 Å². The normalized spacial score (nSPS) is 15.1. The van der Waals surface area contributed by atoms with Crippen LogP contribution < -0.4 is 0 Å². The number of halogens is 9. The van der Waals surface area contributed by atoms with Crippen LogP contribution in [0.4, 0.5) is 26.3 Å². The summed E-state index contributed by atoms with van der Waals surface area (Å²) in [7, 11) is 0. The number of carbonyl (C=O) groups excluding carboxylic acids is 1. The van der Waals surface area contributed by atoms with Gasteiger partial charge in [-0.25, -0.2) is 0 Å². The SMILES string of the molecule is O=C(c1cc(Cl)c(Cl)c(Cl)c1)N(C(O)C(F)(F)F)C(O)C(F)(F)F. The molecule has 13 heteroatoms. The van der Waals surface area contributed by atoms with Gasteiger partial charge in [0, 0.05) is 5.56 Å². The number of alkyl halides is 6. The summed E-state index contributed by atoms with van der Waals surface area (Å²) >= 11 is 16.7. The molecule has 2 atom stereocenters. The van der Waals surface area contributed by atoms with Crippen molar-refractivity contribution in [1.82, 2.24) is 4.90 Å². The lowest BCUT2D eigenvalue weighted by Crippen LogP contribution is -2.58. The Kier molecular flexibility index (Phi) is 6.26. The van der Waals surface area contributed by atoms with Crippen molar-refractivity contribution in [2.24, 2.45) is 0 Å². The maximum absolute atomic E-state index is 12.6. The standard InChI is InChI=1S/C11H6Cl3F6NO3/c12-4-1-3(2-5(13)6(4)14)7(22)21(8(23)10(15,16)17)9(24)11(18,19)20/h1-2,8-9,23-24H. The Morgan fingerprint density at radius 1 is 0.917 bits per heavy atom. The molecular weight excluding hydrogens is 414 g/mol. The number of amides is 1. The van der Waals surface area contributed by atoms with E-state index in [-0.39, 0.29) is 5.02 Å². The van der Waals surface area contributed by atoms with E-state index in [4.69, 9.17) is 45.0 Å². The van der Waals surface area contributed by atoms with E-state index in [9.17, 15) is 31.1 Å². The van der Waals surface area contributed by atoms with Crippen LogP contribution >= 0.6 is 34.8 Å². The molecule has 0 radical (unpaired) electrons. The highest BCUT2D eigenvalue weighted by molar-refractivity contribution is 6.48. The van der Waals surface area contributed by atoms with E-state index >= 15 is 0 Å². The van der Waals surface area contributed by atoms with Gasteiger partial charge in [0.15, 0.2) is 0 Å². The van der Waals surface area contributed by atoms with Crippen LogP contribution in [0.25, 0.3) is 0 Å². The fraction of sp³-hybridized carbons (Fsp3) is 0.364. The smallest absolute Gasteiger partial charge is 0.366 e. The predicted octanol–water partition coefficient (Wildman–Crippen LogP) is 3.85. The lowest BCUT2D eigenvalue weighted by molar-refractivity contribution is -0.303. The van der Waals surface area contributed by atoms with Gasteiger partial charge in [0.1, 0.15) is 0 Å². The molecular formula is C11H6Cl3F6NO3. The molecule has 0 heterocycles. The third-order valence-electron chi connectivity index (χ3n) is 2.58. The van der Waals surface area contributed by atoms with Gasteiger partial charge in [-0.05, 0) is 12.1 Å². The van der Waals surface area contributed by atoms with Gasteiger partial charge < -0.3 is 10.2 Å². The van der Waals surface area contributed by atoms with Gasteiger partial charge >= 0.3 is 12.4 Å². The maximum Gasteiger partial charge on any atom is 0.433 e. The molecule has 0 bridgehead atoms. The summed E-state index contributed by atoms with van der Waals surface area (Å²) < 4.78 is 75.3. The molecule has 0 saturated carbocycles. The van der Waals surface area contributed by atoms with Crippen LogP contribution in [-0.4, -0.2) is 45.8 Å². The molecule has 2 N–H and O–H groups in total. The van der Waals surface area contributed by atoms with Gasteiger partial charge in [0.25, 0.3) is 5.91 Å². The van der Waals surface area contributed by atoms with Crippen LogP contribution in [0.5, 0.6) is 0 Å². The van der Waals surface area contributed by atoms with Crippen LogP contribution in [0.3, 0.4) is 0 Å². The average Bonchev–Trinajstić information content (AvgIpc) is 2.41. The van der Waals surface area contributed by atoms with Crippen LogP contribution in [0.15, 0.2) is 12.1 Å². The minimum atomic E-state index is -5.66. The maximum atomic E-state index is 12.6. The molecule has 0 aliphatic heterocycles. The predicted molar refractivity (Wildman–Crippen MR) is 71.8 cm³/mol. The zero-order valence-corrected chi connectivity index (χ0v) is 13.2. The van der Waals surface area contributed by atoms with Gasteiger partial charge in [-0.15, -0.1) is 0 Å². The Hall–Kier alpha value is -0.940. The zero-order chi connectivity index (χ0) is 19.0. The van der Waals surface area contributed by atoms with E-state index in [0.29, 0.717) is 12.1 Å². The first-order valence-corrected chi connectivity index (χ1v) is 6.78. The number of aliphatic hydroxyl groups excluding tert-OH is 2. The van der Waals surface area contributed by atoms with E-state index in [1.807, 2.05) is 0 Å². The topological polar surface area (TPSA) is 60.8 Å². The fourth-order valence-electron chi connectivity index (χ4n) is 1.50. The molecule has 2 unspecified atom stereocenters. The van der Waals surface area contributed by atoms with E-state index in [0.717, 1.165) is 0 Å². The van der Waals surface area contributed by atoms with Crippen molar-refractivity contribution in [3.63, 3.8) is 0 Å². The first-order valence-electron chi connectivity index (χ1n) is 5.64. The fourth-order valence-corrected chi connectivity index (χ4v) is 2.10. The molecule has 4 nitrogen and oxygen atoms in total. The summed E-state index contributed by atoms with van der Waals surface area (Å²) in [5, 5.41) is 16.9. The first kappa shape index (κ1) is 21.1. The number of benzene rings is 1. The molecule has 1 rings (SSSR count). The van der Waals surface area contributed by atoms with Crippen molar-refractivity contribution in [2.45, 2.75) is 24.8 Å². The minimum Gasteiger partial charge on any atom is -0.366 e. The van der Waals surface area contributed by atoms with Crippen molar-refractivity contribution >= 4 is 40.7 Å². The molecule has 0 aliphatic carbocycles. The zero-order valence-electron chi connectivity index (χ0n) is 11.0. The molecule has 1 aromatic carbocycles. The summed E-state index contributed by atoms with van der Waals surface area (Å²) in [5.74, 6) is -2.02. The molecule has 1 amide bonds. The van der Waals surface area contributed by atoms with Crippen LogP contribution in [0.1, 0.15) is 10.4 Å². The van der Waals surface area contributed by atoms with E-state index < -0.39 is 51.2 Å². The lowest BCUT2D eigenvalue weighted by atomic mass is 10.2. The summed E-state index contributed by atoms with van der Waals surface area (Å²) in [6, 6.07) is 1.27. The molecule has 136 valence electrons. The van der Waals surface area contributed by atoms with Crippen LogP contribution in [0, 0.1) is 0 Å². The monoisotopic (exact) mass is 419 g/mol. The van der Waals surface area contributed by atoms with Crippen molar-refractivity contribution in [2.75, 3.05) is 0 Å². The number of hydrogen-bond donors (Lipinski definition) is 2. The van der Waals surface area contributed by atoms with Crippen LogP contribution in [0.2, 0.25) is 15.1 Å². The first-order chi connectivity index (χ1) is 10.7. The average molecular weight is 421 g/mol. The quantitative estimate of drug-likeness (QED) is 0.444. The van der Waals surface area contributed by atoms with Crippen molar-refractivity contribution < 1.29 is 41.4 Å². The molecule has 1 aromatic rings. The Morgan fingerprint density at radius 3 is 1.54 bits per heavy atom. The molecule has 0 aliphatic rings. The van der Waals surface area contributed by atoms with E-state index in [2.05, 4.69) is 0 Å². The lowest BCUT2D eigenvalue weighted by Gasteiger charge is -2.34. The summed E-state index contributed by atoms with van der Waals surface area (Å²) in [4.78, 5) is 10.8. The second-order valence-electron chi connectivity index (χ2n) is 4.30. The van der Waals surface area contributed by atoms with Crippen molar-refractivity contribution in [1.29, 1.82) is 0 Å². The molecule has 0 saturated heterocycles. The number of nitrogens with zero attached hydrogens (tertiary/aromatic N) is 1. The highest BCUT2D eigenvalue weighted by atomic mass is 35.5. The largest absolute Gasteiger partial charge is 0.433 e. The third kappa shape index (κ3) is 4.57. The Morgan fingerprint density at radius 2 is 1.25 bits per heavy atom. The highest BCUT2D eigenvalue weighted by Gasteiger charge is 2.54. The van der Waals surface area contributed by atoms with Crippen LogP contribution in [-0.2, 0) is 0 Å². The molecule has 24 heavy (non-hydrogen) atoms. The summed E-state index contributed by atoms with van der Waals surface area (Å²) in [5.41, 5.74) is -0.860. The number of rotatable bonds is 3. The van der Waals surface area contributed by atoms with Gasteiger partial charge in [0.05, 0.1) is 15.1 Å². The Labute approximate surface area is 145 Å². The Balaban J connectivity index is 3.42. The van der Waals surface area contributed by atoms with E-state index in [1.165, 1.54) is 0 Å². The number of carbonyl (C=O) groups is 1. The van der Waals surface area contributed by atoms with Gasteiger partial charge in [-0.3, -0.25) is 9.69 Å². The van der Waals surface area contributed by atoms with E-state index in [1.54, 1.807) is 0 Å². The highest BCUT2D eigenvalue weighted by Crippen LogP contribution is 2.34. The summed E-state index contributed by atoms with van der Waals surface area (Å²) in [6.45, 7) is 0. The summed E-state index contributed by atoms with van der Waals surface area (Å²) in [6.07, 6.45) is -19.2. The minimum absolute atomic E-state index is 0.297. The molecule has 0 aromatic heterocycles. The van der Waals surface area contributed by atoms with Gasteiger partial charge in [-0.2, -0.15) is 26.3 Å². The molecule has 0 fully saturated rings. The number of aliphatic hydroxyl groups is 2. The van der Waals surface area contributed by atoms with Crippen molar-refractivity contribution in [3.8, 4) is 0 Å². The second kappa shape index (κ2) is 7.12.